The molecule has 19 heavy (non-hydrogen) atoms. The van der Waals surface area contributed by atoms with Crippen molar-refractivity contribution in [2.24, 2.45) is 0 Å². The van der Waals surface area contributed by atoms with Gasteiger partial charge >= 0.3 is 0 Å². The molecule has 2 aliphatic heterocycles. The molecule has 104 valence electrons. The van der Waals surface area contributed by atoms with Crippen LogP contribution in [0.4, 0.5) is 0 Å². The van der Waals surface area contributed by atoms with E-state index in [1.165, 1.54) is 19.8 Å². The van der Waals surface area contributed by atoms with E-state index >= 15 is 0 Å². The first kappa shape index (κ1) is 14.4. The zero-order valence-electron chi connectivity index (χ0n) is 11.4. The third-order valence-electron chi connectivity index (χ3n) is 3.45. The van der Waals surface area contributed by atoms with Crippen molar-refractivity contribution in [1.29, 1.82) is 0 Å². The van der Waals surface area contributed by atoms with Crippen LogP contribution in [0, 0.1) is 11.8 Å². The van der Waals surface area contributed by atoms with Crippen molar-refractivity contribution in [3.8, 4) is 11.8 Å². The summed E-state index contributed by atoms with van der Waals surface area (Å²) in [7, 11) is 0. The third-order valence-corrected chi connectivity index (χ3v) is 4.51. The second-order valence-corrected chi connectivity index (χ2v) is 6.36. The van der Waals surface area contributed by atoms with Gasteiger partial charge in [0, 0.05) is 13.5 Å². The molecule has 0 N–H and O–H groups in total. The molecule has 5 heteroatoms. The van der Waals surface area contributed by atoms with Crippen molar-refractivity contribution in [2.45, 2.75) is 31.4 Å². The summed E-state index contributed by atoms with van der Waals surface area (Å²) < 4.78 is 0. The highest BCUT2D eigenvalue weighted by Gasteiger charge is 2.32. The summed E-state index contributed by atoms with van der Waals surface area (Å²) in [5, 5.41) is -0.168. The van der Waals surface area contributed by atoms with E-state index in [1.807, 2.05) is 0 Å². The average Bonchev–Trinajstić information content (AvgIpc) is 2.98. The summed E-state index contributed by atoms with van der Waals surface area (Å²) in [6, 6.07) is 0. The van der Waals surface area contributed by atoms with E-state index in [4.69, 9.17) is 0 Å². The van der Waals surface area contributed by atoms with E-state index in [2.05, 4.69) is 16.7 Å². The van der Waals surface area contributed by atoms with Crippen molar-refractivity contribution in [2.75, 3.05) is 32.7 Å². The Labute approximate surface area is 118 Å². The maximum absolute atomic E-state index is 12.0. The van der Waals surface area contributed by atoms with Crippen LogP contribution < -0.4 is 0 Å². The van der Waals surface area contributed by atoms with E-state index in [0.29, 0.717) is 6.54 Å². The number of hydrogen-bond donors (Lipinski definition) is 0. The number of thioether (sulfide) groups is 1. The summed E-state index contributed by atoms with van der Waals surface area (Å²) in [4.78, 5) is 27.1. The van der Waals surface area contributed by atoms with Gasteiger partial charge in [-0.15, -0.1) is 0 Å². The Balaban J connectivity index is 1.73. The van der Waals surface area contributed by atoms with E-state index < -0.39 is 0 Å². The van der Waals surface area contributed by atoms with Crippen molar-refractivity contribution in [1.82, 2.24) is 9.80 Å². The Morgan fingerprint density at radius 1 is 1.26 bits per heavy atom. The Bertz CT molecular complexity index is 407. The number of likely N-dealkylation sites (tertiary alicyclic amines) is 2. The van der Waals surface area contributed by atoms with Crippen molar-refractivity contribution >= 4 is 22.8 Å². The molecule has 2 saturated heterocycles. The first-order valence-electron chi connectivity index (χ1n) is 6.81. The van der Waals surface area contributed by atoms with Gasteiger partial charge < -0.3 is 4.90 Å². The molecule has 0 radical (unpaired) electrons. The standard InChI is InChI=1S/C14H20N2O2S/c1-12(17)19-13-6-11-16(14(13)18)10-5-4-9-15-7-2-3-8-15/h13H,2-3,6-11H2,1H3/t13-/m1/s1. The minimum Gasteiger partial charge on any atom is -0.331 e. The van der Waals surface area contributed by atoms with Gasteiger partial charge in [0.25, 0.3) is 0 Å². The molecule has 0 aromatic heterocycles. The zero-order valence-corrected chi connectivity index (χ0v) is 12.2. The van der Waals surface area contributed by atoms with Gasteiger partial charge in [-0.1, -0.05) is 23.6 Å². The highest BCUT2D eigenvalue weighted by Crippen LogP contribution is 2.24. The maximum atomic E-state index is 12.0. The van der Waals surface area contributed by atoms with Crippen LogP contribution in [0.1, 0.15) is 26.2 Å². The van der Waals surface area contributed by atoms with Crippen LogP contribution in [0.5, 0.6) is 0 Å². The Morgan fingerprint density at radius 2 is 1.95 bits per heavy atom. The van der Waals surface area contributed by atoms with Gasteiger partial charge in [0.15, 0.2) is 5.12 Å². The van der Waals surface area contributed by atoms with Gasteiger partial charge in [-0.3, -0.25) is 14.5 Å². The average molecular weight is 280 g/mol. The lowest BCUT2D eigenvalue weighted by Crippen LogP contribution is -2.29. The number of hydrogen-bond acceptors (Lipinski definition) is 4. The Kier molecular flexibility index (Phi) is 5.29. The molecule has 0 aliphatic carbocycles. The van der Waals surface area contributed by atoms with Crippen molar-refractivity contribution in [3.63, 3.8) is 0 Å². The lowest BCUT2D eigenvalue weighted by atomic mass is 10.4. The van der Waals surface area contributed by atoms with Crippen LogP contribution in [0.15, 0.2) is 0 Å². The largest absolute Gasteiger partial charge is 0.331 e. The molecule has 1 atom stereocenters. The van der Waals surface area contributed by atoms with Gasteiger partial charge in [0.2, 0.25) is 5.91 Å². The lowest BCUT2D eigenvalue weighted by molar-refractivity contribution is -0.126. The molecule has 0 bridgehead atoms. The van der Waals surface area contributed by atoms with E-state index in [1.54, 1.807) is 4.90 Å². The summed E-state index contributed by atoms with van der Waals surface area (Å²) in [5.41, 5.74) is 0. The smallest absolute Gasteiger partial charge is 0.237 e. The van der Waals surface area contributed by atoms with Gasteiger partial charge in [0.05, 0.1) is 18.3 Å². The fourth-order valence-corrected chi connectivity index (χ4v) is 3.31. The van der Waals surface area contributed by atoms with Crippen LogP contribution in [-0.4, -0.2) is 58.8 Å². The highest BCUT2D eigenvalue weighted by molar-refractivity contribution is 8.14. The Hall–Kier alpha value is -0.990. The highest BCUT2D eigenvalue weighted by atomic mass is 32.2. The van der Waals surface area contributed by atoms with Gasteiger partial charge in [-0.2, -0.15) is 0 Å². The predicted octanol–water partition coefficient (Wildman–Crippen LogP) is 0.966. The minimum atomic E-state index is -0.183. The molecule has 2 rings (SSSR count). The quantitative estimate of drug-likeness (QED) is 0.722. The van der Waals surface area contributed by atoms with E-state index in [0.717, 1.165) is 44.4 Å². The number of amides is 1. The fourth-order valence-electron chi connectivity index (χ4n) is 2.44. The molecule has 0 spiro atoms. The normalized spacial score (nSPS) is 23.5. The topological polar surface area (TPSA) is 40.6 Å². The van der Waals surface area contributed by atoms with Gasteiger partial charge in [0.1, 0.15) is 0 Å². The number of carbonyl (C=O) groups excluding carboxylic acids is 2. The molecule has 0 unspecified atom stereocenters. The van der Waals surface area contributed by atoms with Crippen LogP contribution in [-0.2, 0) is 9.59 Å². The van der Waals surface area contributed by atoms with Crippen LogP contribution >= 0.6 is 11.8 Å². The second kappa shape index (κ2) is 6.97. The maximum Gasteiger partial charge on any atom is 0.237 e. The number of rotatable bonds is 3. The van der Waals surface area contributed by atoms with Crippen LogP contribution in [0.2, 0.25) is 0 Å². The van der Waals surface area contributed by atoms with Crippen LogP contribution in [0.3, 0.4) is 0 Å². The van der Waals surface area contributed by atoms with E-state index in [9.17, 15) is 9.59 Å². The lowest BCUT2D eigenvalue weighted by Gasteiger charge is -2.12. The van der Waals surface area contributed by atoms with E-state index in [-0.39, 0.29) is 16.3 Å². The summed E-state index contributed by atoms with van der Waals surface area (Å²) in [5.74, 6) is 6.28. The zero-order chi connectivity index (χ0) is 13.7. The summed E-state index contributed by atoms with van der Waals surface area (Å²) >= 11 is 1.15. The minimum absolute atomic E-state index is 0.0142. The molecule has 1 amide bonds. The SMILES string of the molecule is CC(=O)S[C@@H]1CCN(CC#CCN2CCCC2)C1=O. The molecular formula is C14H20N2O2S. The summed E-state index contributed by atoms with van der Waals surface area (Å²) in [6.45, 7) is 5.84. The molecule has 2 heterocycles. The molecule has 0 saturated carbocycles. The van der Waals surface area contributed by atoms with Crippen LogP contribution in [0.25, 0.3) is 0 Å². The molecule has 0 aromatic rings. The van der Waals surface area contributed by atoms with Gasteiger partial charge in [-0.25, -0.2) is 0 Å². The predicted molar refractivity (Wildman–Crippen MR) is 76.7 cm³/mol. The molecule has 4 nitrogen and oxygen atoms in total. The molecule has 2 aliphatic rings. The Morgan fingerprint density at radius 3 is 2.63 bits per heavy atom. The summed E-state index contributed by atoms with van der Waals surface area (Å²) in [6.07, 6.45) is 3.31. The van der Waals surface area contributed by atoms with Gasteiger partial charge in [-0.05, 0) is 32.4 Å². The molecular weight excluding hydrogens is 260 g/mol. The van der Waals surface area contributed by atoms with Crippen molar-refractivity contribution < 1.29 is 9.59 Å². The molecule has 2 fully saturated rings. The van der Waals surface area contributed by atoms with Crippen molar-refractivity contribution in [3.05, 3.63) is 0 Å². The first-order chi connectivity index (χ1) is 9.16. The third kappa shape index (κ3) is 4.26. The second-order valence-electron chi connectivity index (χ2n) is 4.98. The monoisotopic (exact) mass is 280 g/mol. The molecule has 0 aromatic carbocycles. The number of nitrogens with zero attached hydrogens (tertiary/aromatic N) is 2. The fraction of sp³-hybridized carbons (Fsp3) is 0.714. The first-order valence-corrected chi connectivity index (χ1v) is 7.69. The number of carbonyl (C=O) groups is 2.